The molecule has 0 amide bonds. The SMILES string of the molecule is CNC(CO)Cc1ccc(C)cc1. The molecule has 0 spiro atoms. The van der Waals surface area contributed by atoms with Gasteiger partial charge in [0.2, 0.25) is 0 Å². The van der Waals surface area contributed by atoms with Crippen molar-refractivity contribution in [2.24, 2.45) is 0 Å². The fourth-order valence-corrected chi connectivity index (χ4v) is 1.27. The van der Waals surface area contributed by atoms with Gasteiger partial charge in [0.15, 0.2) is 0 Å². The van der Waals surface area contributed by atoms with Crippen molar-refractivity contribution in [3.05, 3.63) is 35.4 Å². The highest BCUT2D eigenvalue weighted by Gasteiger charge is 2.04. The normalized spacial score (nSPS) is 12.8. The fourth-order valence-electron chi connectivity index (χ4n) is 1.27. The first-order valence-corrected chi connectivity index (χ1v) is 4.60. The number of aliphatic hydroxyl groups is 1. The van der Waals surface area contributed by atoms with Crippen LogP contribution in [0.1, 0.15) is 11.1 Å². The van der Waals surface area contributed by atoms with Crippen LogP contribution in [0.3, 0.4) is 0 Å². The lowest BCUT2D eigenvalue weighted by Gasteiger charge is -2.12. The summed E-state index contributed by atoms with van der Waals surface area (Å²) >= 11 is 0. The van der Waals surface area contributed by atoms with Gasteiger partial charge in [-0.15, -0.1) is 0 Å². The number of benzene rings is 1. The Morgan fingerprint density at radius 1 is 1.31 bits per heavy atom. The number of likely N-dealkylation sites (N-methyl/N-ethyl adjacent to an activating group) is 1. The van der Waals surface area contributed by atoms with E-state index in [-0.39, 0.29) is 12.6 Å². The number of nitrogens with one attached hydrogen (secondary N) is 1. The smallest absolute Gasteiger partial charge is 0.0587 e. The highest BCUT2D eigenvalue weighted by atomic mass is 16.3. The Hall–Kier alpha value is -0.860. The Morgan fingerprint density at radius 3 is 2.38 bits per heavy atom. The van der Waals surface area contributed by atoms with Gasteiger partial charge in [0, 0.05) is 6.04 Å². The maximum absolute atomic E-state index is 8.98. The standard InChI is InChI=1S/C11H17NO/c1-9-3-5-10(6-4-9)7-11(8-13)12-2/h3-6,11-13H,7-8H2,1-2H3. The Kier molecular flexibility index (Phi) is 3.93. The lowest BCUT2D eigenvalue weighted by atomic mass is 10.1. The van der Waals surface area contributed by atoms with E-state index in [0.717, 1.165) is 6.42 Å². The van der Waals surface area contributed by atoms with Crippen molar-refractivity contribution in [3.63, 3.8) is 0 Å². The van der Waals surface area contributed by atoms with Gasteiger partial charge in [-0.3, -0.25) is 0 Å². The lowest BCUT2D eigenvalue weighted by Crippen LogP contribution is -2.31. The van der Waals surface area contributed by atoms with Crippen LogP contribution in [0.15, 0.2) is 24.3 Å². The second kappa shape index (κ2) is 5.00. The minimum Gasteiger partial charge on any atom is -0.395 e. The van der Waals surface area contributed by atoms with E-state index in [1.54, 1.807) is 0 Å². The van der Waals surface area contributed by atoms with E-state index in [4.69, 9.17) is 5.11 Å². The third-order valence-corrected chi connectivity index (χ3v) is 2.23. The molecule has 0 radical (unpaired) electrons. The molecule has 1 rings (SSSR count). The Bertz CT molecular complexity index is 239. The van der Waals surface area contributed by atoms with Crippen LogP contribution in [0.5, 0.6) is 0 Å². The average Bonchev–Trinajstić information content (AvgIpc) is 2.17. The number of aryl methyl sites for hydroxylation is 1. The lowest BCUT2D eigenvalue weighted by molar-refractivity contribution is 0.248. The van der Waals surface area contributed by atoms with Crippen LogP contribution in [-0.4, -0.2) is 24.8 Å². The number of rotatable bonds is 4. The maximum Gasteiger partial charge on any atom is 0.0587 e. The molecule has 72 valence electrons. The zero-order valence-electron chi connectivity index (χ0n) is 8.25. The van der Waals surface area contributed by atoms with E-state index < -0.39 is 0 Å². The second-order valence-electron chi connectivity index (χ2n) is 3.36. The molecule has 0 aliphatic rings. The van der Waals surface area contributed by atoms with Gasteiger partial charge in [0.05, 0.1) is 6.61 Å². The number of hydrogen-bond acceptors (Lipinski definition) is 2. The summed E-state index contributed by atoms with van der Waals surface area (Å²) in [5.74, 6) is 0. The van der Waals surface area contributed by atoms with Gasteiger partial charge < -0.3 is 10.4 Å². The molecule has 2 heteroatoms. The van der Waals surface area contributed by atoms with Crippen LogP contribution in [-0.2, 0) is 6.42 Å². The molecule has 0 saturated carbocycles. The Labute approximate surface area is 79.6 Å². The third-order valence-electron chi connectivity index (χ3n) is 2.23. The summed E-state index contributed by atoms with van der Waals surface area (Å²) in [6.07, 6.45) is 0.882. The van der Waals surface area contributed by atoms with Crippen molar-refractivity contribution in [2.75, 3.05) is 13.7 Å². The molecule has 0 aliphatic heterocycles. The minimum absolute atomic E-state index is 0.169. The molecule has 1 aromatic carbocycles. The van der Waals surface area contributed by atoms with Crippen LogP contribution < -0.4 is 5.32 Å². The zero-order chi connectivity index (χ0) is 9.68. The van der Waals surface area contributed by atoms with Gasteiger partial charge in [0.1, 0.15) is 0 Å². The topological polar surface area (TPSA) is 32.3 Å². The van der Waals surface area contributed by atoms with Gasteiger partial charge in [-0.1, -0.05) is 29.8 Å². The third kappa shape index (κ3) is 3.17. The van der Waals surface area contributed by atoms with E-state index >= 15 is 0 Å². The van der Waals surface area contributed by atoms with E-state index in [1.165, 1.54) is 11.1 Å². The monoisotopic (exact) mass is 179 g/mol. The first kappa shape index (κ1) is 10.2. The first-order chi connectivity index (χ1) is 6.26. The highest BCUT2D eigenvalue weighted by molar-refractivity contribution is 5.22. The molecule has 0 heterocycles. The molecule has 2 nitrogen and oxygen atoms in total. The van der Waals surface area contributed by atoms with E-state index in [9.17, 15) is 0 Å². The minimum atomic E-state index is 0.169. The van der Waals surface area contributed by atoms with Crippen molar-refractivity contribution in [3.8, 4) is 0 Å². The van der Waals surface area contributed by atoms with E-state index in [0.29, 0.717) is 0 Å². The average molecular weight is 179 g/mol. The van der Waals surface area contributed by atoms with Crippen molar-refractivity contribution in [1.29, 1.82) is 0 Å². The number of aliphatic hydroxyl groups excluding tert-OH is 1. The molecule has 1 unspecified atom stereocenters. The van der Waals surface area contributed by atoms with E-state index in [2.05, 4.69) is 36.5 Å². The van der Waals surface area contributed by atoms with Crippen LogP contribution in [0.25, 0.3) is 0 Å². The molecular formula is C11H17NO. The molecule has 0 fully saturated rings. The highest BCUT2D eigenvalue weighted by Crippen LogP contribution is 2.05. The maximum atomic E-state index is 8.98. The summed E-state index contributed by atoms with van der Waals surface area (Å²) in [5.41, 5.74) is 2.53. The summed E-state index contributed by atoms with van der Waals surface area (Å²) in [6.45, 7) is 2.26. The largest absolute Gasteiger partial charge is 0.395 e. The van der Waals surface area contributed by atoms with Crippen LogP contribution in [0.2, 0.25) is 0 Å². The van der Waals surface area contributed by atoms with Crippen LogP contribution >= 0.6 is 0 Å². The molecule has 0 aliphatic carbocycles. The predicted molar refractivity (Wildman–Crippen MR) is 54.8 cm³/mol. The molecule has 13 heavy (non-hydrogen) atoms. The summed E-state index contributed by atoms with van der Waals surface area (Å²) < 4.78 is 0. The number of hydrogen-bond donors (Lipinski definition) is 2. The van der Waals surface area contributed by atoms with Gasteiger partial charge in [-0.2, -0.15) is 0 Å². The second-order valence-corrected chi connectivity index (χ2v) is 3.36. The molecule has 0 bridgehead atoms. The molecule has 2 N–H and O–H groups in total. The van der Waals surface area contributed by atoms with Crippen molar-refractivity contribution in [1.82, 2.24) is 5.32 Å². The summed E-state index contributed by atoms with van der Waals surface area (Å²) in [5, 5.41) is 12.0. The molecule has 1 aromatic rings. The van der Waals surface area contributed by atoms with Gasteiger partial charge in [-0.05, 0) is 26.0 Å². The summed E-state index contributed by atoms with van der Waals surface area (Å²) in [4.78, 5) is 0. The summed E-state index contributed by atoms with van der Waals surface area (Å²) in [7, 11) is 1.87. The van der Waals surface area contributed by atoms with Crippen LogP contribution in [0.4, 0.5) is 0 Å². The first-order valence-electron chi connectivity index (χ1n) is 4.60. The van der Waals surface area contributed by atoms with Gasteiger partial charge in [-0.25, -0.2) is 0 Å². The predicted octanol–water partition coefficient (Wildman–Crippen LogP) is 1.12. The summed E-state index contributed by atoms with van der Waals surface area (Å²) in [6, 6.07) is 8.58. The molecule has 1 atom stereocenters. The fraction of sp³-hybridized carbons (Fsp3) is 0.455. The molecule has 0 saturated heterocycles. The Balaban J connectivity index is 2.58. The quantitative estimate of drug-likeness (QED) is 0.726. The molecule has 0 aromatic heterocycles. The van der Waals surface area contributed by atoms with Crippen molar-refractivity contribution >= 4 is 0 Å². The zero-order valence-corrected chi connectivity index (χ0v) is 8.25. The van der Waals surface area contributed by atoms with Crippen molar-refractivity contribution < 1.29 is 5.11 Å². The van der Waals surface area contributed by atoms with Gasteiger partial charge >= 0.3 is 0 Å². The Morgan fingerprint density at radius 2 is 1.92 bits per heavy atom. The van der Waals surface area contributed by atoms with Crippen molar-refractivity contribution in [2.45, 2.75) is 19.4 Å². The van der Waals surface area contributed by atoms with E-state index in [1.807, 2.05) is 7.05 Å². The van der Waals surface area contributed by atoms with Gasteiger partial charge in [0.25, 0.3) is 0 Å². The van der Waals surface area contributed by atoms with Crippen LogP contribution in [0, 0.1) is 6.92 Å². The molecular weight excluding hydrogens is 162 g/mol.